The Balaban J connectivity index is 1.37. The highest BCUT2D eigenvalue weighted by Crippen LogP contribution is 2.33. The molecule has 4 aliphatic heterocycles. The molecule has 0 aromatic rings. The predicted molar refractivity (Wildman–Crippen MR) is 300 cm³/mol. The summed E-state index contributed by atoms with van der Waals surface area (Å²) in [5.41, 5.74) is 6.19. The highest BCUT2D eigenvalue weighted by molar-refractivity contribution is 5.80. The number of nitrogens with two attached hydrogens (primary N) is 1. The van der Waals surface area contributed by atoms with Crippen LogP contribution in [-0.4, -0.2) is 251 Å². The number of hydrogen-bond acceptors (Lipinski definition) is 24. The molecule has 0 aromatic heterocycles. The topological polar surface area (TPSA) is 429 Å². The van der Waals surface area contributed by atoms with E-state index in [4.69, 9.17) is 43.6 Å². The second-order valence-electron chi connectivity index (χ2n) is 23.2. The highest BCUT2D eigenvalue weighted by Gasteiger charge is 2.55. The van der Waals surface area contributed by atoms with Gasteiger partial charge in [-0.25, -0.2) is 4.79 Å². The van der Waals surface area contributed by atoms with E-state index in [2.05, 4.69) is 31.3 Å². The third-order valence-electron chi connectivity index (χ3n) is 16.3. The van der Waals surface area contributed by atoms with E-state index in [0.717, 1.165) is 77.0 Å². The number of rotatable bonds is 42. The SMILES string of the molecule is CCCCCC/C=C/CCCCCCCCCC(O)C(CO[C@H]1O[C@H](C(=O)O)[C@@H](O[C@H]2O[C@H](CO[C@H]3O[C@H](CO)[C@H](O)[C@H](O)[C@H]3O[C@H]3O[C@H](CO)[C@@H](O)[C@H](O)[C@@H]3O)[C@@H](O)[C@H](O)[C@H]2N)[C@H](O)[C@H]1O)NC(=O)[C@@H](O)CCCCCCCCCCCC. The fraction of sp³-hybridized carbons (Fsp3) is 0.931. The van der Waals surface area contributed by atoms with Gasteiger partial charge in [-0.2, -0.15) is 0 Å². The van der Waals surface area contributed by atoms with Crippen molar-refractivity contribution in [3.05, 3.63) is 12.2 Å². The Labute approximate surface area is 494 Å². The maximum absolute atomic E-state index is 13.4. The van der Waals surface area contributed by atoms with Gasteiger partial charge in [0.25, 0.3) is 0 Å². The van der Waals surface area contributed by atoms with Gasteiger partial charge in [-0.15, -0.1) is 0 Å². The second kappa shape index (κ2) is 40.4. The van der Waals surface area contributed by atoms with Crippen LogP contribution in [0.25, 0.3) is 0 Å². The minimum Gasteiger partial charge on any atom is -0.479 e. The van der Waals surface area contributed by atoms with Crippen LogP contribution in [0.15, 0.2) is 12.2 Å². The number of aliphatic hydroxyl groups excluding tert-OH is 13. The lowest BCUT2D eigenvalue weighted by atomic mass is 9.95. The van der Waals surface area contributed by atoms with Crippen molar-refractivity contribution in [3.8, 4) is 0 Å². The van der Waals surface area contributed by atoms with Crippen molar-refractivity contribution < 1.29 is 119 Å². The molecule has 26 heteroatoms. The molecule has 17 N–H and O–H groups in total. The summed E-state index contributed by atoms with van der Waals surface area (Å²) < 4.78 is 45.6. The Morgan fingerprint density at radius 1 is 0.500 bits per heavy atom. The van der Waals surface area contributed by atoms with Crippen molar-refractivity contribution in [3.63, 3.8) is 0 Å². The zero-order valence-electron chi connectivity index (χ0n) is 49.4. The van der Waals surface area contributed by atoms with Gasteiger partial charge in [-0.1, -0.05) is 148 Å². The molecule has 4 saturated heterocycles. The van der Waals surface area contributed by atoms with Gasteiger partial charge in [0.2, 0.25) is 5.91 Å². The first-order valence-electron chi connectivity index (χ1n) is 31.1. The lowest BCUT2D eigenvalue weighted by Gasteiger charge is -2.47. The summed E-state index contributed by atoms with van der Waals surface area (Å²) >= 11 is 0. The minimum atomic E-state index is -2.14. The standard InChI is InChI=1S/C58H106N2O24/c1-3-5-7-9-11-13-15-16-17-18-19-21-22-24-26-28-35(63)34(60-53(74)36(64)29-27-25-23-20-14-12-10-8-6-4-2)32-77-56-49(73)47(71)50(52(84-56)54(75)76)82-55-40(59)44(68)43(67)39(81-55)33-78-58-51(46(70)42(66)38(31-62)80-58)83-57-48(72)45(69)41(65)37(30-61)79-57/h13,15,34-52,55-58,61-73H,3-12,14,16-33,59H2,1-2H3,(H,60,74)(H,75,76)/b15-13+/t34?,35?,36-,37+,38+,39+,40+,41+,42-,43+,44+,45-,46-,47+,48-,49+,50-,51+,52-,55+,56-,57+,58-/m0/s1. The summed E-state index contributed by atoms with van der Waals surface area (Å²) in [6, 6.07) is -2.84. The predicted octanol–water partition coefficient (Wildman–Crippen LogP) is -0.111. The Bertz CT molecular complexity index is 1800. The highest BCUT2D eigenvalue weighted by atomic mass is 16.8. The number of carboxylic acid groups (broad SMARTS) is 1. The molecule has 0 saturated carbocycles. The summed E-state index contributed by atoms with van der Waals surface area (Å²) in [6.07, 6.45) is -8.78. The number of aliphatic carboxylic acids is 1. The maximum Gasteiger partial charge on any atom is 0.335 e. The van der Waals surface area contributed by atoms with Crippen LogP contribution in [0.1, 0.15) is 174 Å². The number of carbonyl (C=O) groups excluding carboxylic acids is 1. The van der Waals surface area contributed by atoms with E-state index >= 15 is 0 Å². The largest absolute Gasteiger partial charge is 0.479 e. The molecular weight excluding hydrogens is 1110 g/mol. The number of aliphatic hydroxyl groups is 13. The Morgan fingerprint density at radius 3 is 1.51 bits per heavy atom. The average molecular weight is 1220 g/mol. The van der Waals surface area contributed by atoms with Crippen LogP contribution in [0.2, 0.25) is 0 Å². The van der Waals surface area contributed by atoms with Crippen molar-refractivity contribution >= 4 is 11.9 Å². The van der Waals surface area contributed by atoms with E-state index in [0.29, 0.717) is 12.8 Å². The van der Waals surface area contributed by atoms with Gasteiger partial charge in [-0.05, 0) is 38.5 Å². The minimum absolute atomic E-state index is 0.177. The molecule has 2 unspecified atom stereocenters. The summed E-state index contributed by atoms with van der Waals surface area (Å²) in [6.45, 7) is 1.30. The first-order chi connectivity index (χ1) is 40.3. The van der Waals surface area contributed by atoms with Gasteiger partial charge in [0.1, 0.15) is 91.6 Å². The smallest absolute Gasteiger partial charge is 0.335 e. The average Bonchev–Trinajstić information content (AvgIpc) is 3.38. The Hall–Kier alpha value is -2.20. The zero-order chi connectivity index (χ0) is 61.7. The number of unbranched alkanes of at least 4 members (excludes halogenated alkanes) is 20. The summed E-state index contributed by atoms with van der Waals surface area (Å²) in [5, 5.41) is 153. The molecule has 492 valence electrons. The van der Waals surface area contributed by atoms with Gasteiger partial charge >= 0.3 is 5.97 Å². The molecule has 84 heavy (non-hydrogen) atoms. The second-order valence-corrected chi connectivity index (χ2v) is 23.2. The van der Waals surface area contributed by atoms with Crippen LogP contribution >= 0.6 is 0 Å². The normalized spacial score (nSPS) is 35.0. The van der Waals surface area contributed by atoms with Crippen molar-refractivity contribution in [2.24, 2.45) is 5.73 Å². The van der Waals surface area contributed by atoms with Gasteiger partial charge < -0.3 is 120 Å². The summed E-state index contributed by atoms with van der Waals surface area (Å²) in [5.74, 6) is -2.49. The van der Waals surface area contributed by atoms with E-state index in [-0.39, 0.29) is 12.8 Å². The van der Waals surface area contributed by atoms with Crippen molar-refractivity contribution in [2.75, 3.05) is 26.4 Å². The lowest BCUT2D eigenvalue weighted by Crippen LogP contribution is -2.67. The molecule has 0 bridgehead atoms. The van der Waals surface area contributed by atoms with Crippen LogP contribution in [0.5, 0.6) is 0 Å². The monoisotopic (exact) mass is 1210 g/mol. The van der Waals surface area contributed by atoms with Gasteiger partial charge in [0, 0.05) is 0 Å². The van der Waals surface area contributed by atoms with Crippen LogP contribution in [0.3, 0.4) is 0 Å². The van der Waals surface area contributed by atoms with Gasteiger partial charge in [0.15, 0.2) is 31.3 Å². The molecule has 1 amide bonds. The number of carboxylic acids is 1. The van der Waals surface area contributed by atoms with Crippen molar-refractivity contribution in [2.45, 2.75) is 315 Å². The number of carbonyl (C=O) groups is 2. The molecule has 0 spiro atoms. The van der Waals surface area contributed by atoms with Crippen molar-refractivity contribution in [1.82, 2.24) is 5.32 Å². The number of nitrogens with one attached hydrogen (secondary N) is 1. The molecule has 0 radical (unpaired) electrons. The first kappa shape index (κ1) is 74.3. The molecule has 4 aliphatic rings. The van der Waals surface area contributed by atoms with Gasteiger partial charge in [-0.3, -0.25) is 4.79 Å². The third-order valence-corrected chi connectivity index (χ3v) is 16.3. The molecule has 0 aromatic carbocycles. The van der Waals surface area contributed by atoms with Crippen LogP contribution in [0.4, 0.5) is 0 Å². The summed E-state index contributed by atoms with van der Waals surface area (Å²) in [4.78, 5) is 26.2. The molecule has 26 nitrogen and oxygen atoms in total. The molecule has 0 aliphatic carbocycles. The summed E-state index contributed by atoms with van der Waals surface area (Å²) in [7, 11) is 0. The Morgan fingerprint density at radius 2 is 0.952 bits per heavy atom. The zero-order valence-corrected chi connectivity index (χ0v) is 49.4. The Kier molecular flexibility index (Phi) is 35.8. The van der Waals surface area contributed by atoms with E-state index in [1.807, 2.05) is 0 Å². The maximum atomic E-state index is 13.4. The van der Waals surface area contributed by atoms with Crippen LogP contribution < -0.4 is 11.1 Å². The molecule has 23 atom stereocenters. The number of hydrogen-bond donors (Lipinski definition) is 16. The van der Waals surface area contributed by atoms with E-state index in [9.17, 15) is 81.1 Å². The fourth-order valence-electron chi connectivity index (χ4n) is 10.9. The third kappa shape index (κ3) is 23.6. The lowest BCUT2D eigenvalue weighted by molar-refractivity contribution is -0.373. The van der Waals surface area contributed by atoms with Crippen LogP contribution in [0, 0.1) is 0 Å². The van der Waals surface area contributed by atoms with E-state index in [1.54, 1.807) is 0 Å². The quantitative estimate of drug-likeness (QED) is 0.0280. The molecule has 4 fully saturated rings. The fourth-order valence-corrected chi connectivity index (χ4v) is 10.9. The van der Waals surface area contributed by atoms with E-state index < -0.39 is 179 Å². The van der Waals surface area contributed by atoms with Gasteiger partial charge in [0.05, 0.1) is 44.6 Å². The number of ether oxygens (including phenoxy) is 8. The first-order valence-corrected chi connectivity index (χ1v) is 31.1. The molecular formula is C58H106N2O24. The van der Waals surface area contributed by atoms with E-state index in [1.165, 1.54) is 57.8 Å². The van der Waals surface area contributed by atoms with Crippen molar-refractivity contribution in [1.29, 1.82) is 0 Å². The number of amides is 1. The number of allylic oxidation sites excluding steroid dienone is 2. The van der Waals surface area contributed by atoms with Crippen LogP contribution in [-0.2, 0) is 47.5 Å². The molecule has 4 heterocycles. The molecule has 4 rings (SSSR count).